The summed E-state index contributed by atoms with van der Waals surface area (Å²) in [5, 5.41) is 5.99. The topological polar surface area (TPSA) is 59.8 Å². The highest BCUT2D eigenvalue weighted by molar-refractivity contribution is 5.92. The van der Waals surface area contributed by atoms with E-state index in [-0.39, 0.29) is 28.1 Å². The number of hydrogen-bond donors (Lipinski definition) is 1. The van der Waals surface area contributed by atoms with E-state index in [2.05, 4.69) is 15.4 Å². The molecule has 0 spiro atoms. The molecule has 0 fully saturated rings. The Morgan fingerprint density at radius 3 is 2.52 bits per heavy atom. The number of alkyl halides is 3. The number of nitrogens with zero attached hydrogens (tertiary/aromatic N) is 3. The quantitative estimate of drug-likeness (QED) is 0.695. The molecule has 0 aliphatic heterocycles. The molecule has 1 aromatic carbocycles. The summed E-state index contributed by atoms with van der Waals surface area (Å²) in [5.41, 5.74) is -1.07. The highest BCUT2D eigenvalue weighted by Gasteiger charge is 2.35. The SMILES string of the molecule is Cc1cc(C(F)(F)F)c2c(C)nn(CC(=O)Nc3ccc(F)cc3F)c2n1. The van der Waals surface area contributed by atoms with Gasteiger partial charge in [0.1, 0.15) is 18.2 Å². The third kappa shape index (κ3) is 3.74. The number of aryl methyl sites for hydroxylation is 2. The molecular weight excluding hydrogens is 371 g/mol. The van der Waals surface area contributed by atoms with Gasteiger partial charge in [0, 0.05) is 11.8 Å². The van der Waals surface area contributed by atoms with Crippen LogP contribution in [0.2, 0.25) is 0 Å². The molecule has 2 aromatic heterocycles. The molecule has 0 radical (unpaired) electrons. The molecule has 2 heterocycles. The molecule has 142 valence electrons. The highest BCUT2D eigenvalue weighted by atomic mass is 19.4. The fraction of sp³-hybridized carbons (Fsp3) is 0.235. The fourth-order valence-electron chi connectivity index (χ4n) is 2.73. The number of halogens is 5. The largest absolute Gasteiger partial charge is 0.417 e. The maximum Gasteiger partial charge on any atom is 0.417 e. The molecule has 5 nitrogen and oxygen atoms in total. The molecule has 10 heteroatoms. The van der Waals surface area contributed by atoms with Crippen LogP contribution in [0.1, 0.15) is 17.0 Å². The van der Waals surface area contributed by atoms with E-state index in [1.54, 1.807) is 0 Å². The molecule has 3 aromatic rings. The van der Waals surface area contributed by atoms with E-state index in [0.29, 0.717) is 6.07 Å². The zero-order valence-corrected chi connectivity index (χ0v) is 14.2. The monoisotopic (exact) mass is 384 g/mol. The number of carbonyl (C=O) groups excluding carboxylic acids is 1. The first-order valence-electron chi connectivity index (χ1n) is 7.73. The standard InChI is InChI=1S/C17H13F5N4O/c1-8-5-11(17(20,21)22)15-9(2)25-26(16(15)23-8)7-14(27)24-13-4-3-10(18)6-12(13)19/h3-6H,7H2,1-2H3,(H,24,27). The second-order valence-corrected chi connectivity index (χ2v) is 5.92. The molecular formula is C17H13F5N4O. The van der Waals surface area contributed by atoms with Crippen LogP contribution in [0.5, 0.6) is 0 Å². The van der Waals surface area contributed by atoms with Crippen molar-refractivity contribution in [1.82, 2.24) is 14.8 Å². The van der Waals surface area contributed by atoms with Crippen LogP contribution in [0.25, 0.3) is 11.0 Å². The third-order valence-electron chi connectivity index (χ3n) is 3.81. The van der Waals surface area contributed by atoms with Crippen LogP contribution in [0.3, 0.4) is 0 Å². The lowest BCUT2D eigenvalue weighted by molar-refractivity contribution is -0.136. The first-order valence-corrected chi connectivity index (χ1v) is 7.73. The van der Waals surface area contributed by atoms with Crippen molar-refractivity contribution in [2.75, 3.05) is 5.32 Å². The summed E-state index contributed by atoms with van der Waals surface area (Å²) in [7, 11) is 0. The van der Waals surface area contributed by atoms with E-state index in [9.17, 15) is 26.7 Å². The number of anilines is 1. The van der Waals surface area contributed by atoms with Gasteiger partial charge in [-0.05, 0) is 32.0 Å². The number of benzene rings is 1. The van der Waals surface area contributed by atoms with Gasteiger partial charge < -0.3 is 5.32 Å². The Morgan fingerprint density at radius 1 is 1.19 bits per heavy atom. The lowest BCUT2D eigenvalue weighted by Crippen LogP contribution is -2.20. The van der Waals surface area contributed by atoms with Crippen molar-refractivity contribution < 1.29 is 26.7 Å². The Balaban J connectivity index is 1.96. The Bertz CT molecular complexity index is 1040. The van der Waals surface area contributed by atoms with Crippen molar-refractivity contribution in [3.8, 4) is 0 Å². The molecule has 1 N–H and O–H groups in total. The van der Waals surface area contributed by atoms with Crippen LogP contribution >= 0.6 is 0 Å². The van der Waals surface area contributed by atoms with E-state index >= 15 is 0 Å². The van der Waals surface area contributed by atoms with Gasteiger partial charge in [-0.25, -0.2) is 18.4 Å². The van der Waals surface area contributed by atoms with Gasteiger partial charge in [0.15, 0.2) is 5.65 Å². The predicted octanol–water partition coefficient (Wildman–Crippen LogP) is 3.98. The number of nitrogens with one attached hydrogen (secondary N) is 1. The molecule has 0 bridgehead atoms. The average molecular weight is 384 g/mol. The minimum absolute atomic E-state index is 0.0607. The van der Waals surface area contributed by atoms with Crippen LogP contribution in [-0.4, -0.2) is 20.7 Å². The summed E-state index contributed by atoms with van der Waals surface area (Å²) in [6.07, 6.45) is -4.61. The van der Waals surface area contributed by atoms with Crippen LogP contribution in [0.4, 0.5) is 27.6 Å². The number of pyridine rings is 1. The van der Waals surface area contributed by atoms with E-state index in [0.717, 1.165) is 22.9 Å². The zero-order valence-electron chi connectivity index (χ0n) is 14.2. The van der Waals surface area contributed by atoms with Crippen molar-refractivity contribution in [3.05, 3.63) is 52.9 Å². The van der Waals surface area contributed by atoms with Crippen molar-refractivity contribution >= 4 is 22.6 Å². The summed E-state index contributed by atoms with van der Waals surface area (Å²) >= 11 is 0. The number of amides is 1. The number of fused-ring (bicyclic) bond motifs is 1. The Kier molecular flexibility index (Phi) is 4.58. The minimum Gasteiger partial charge on any atom is -0.322 e. The van der Waals surface area contributed by atoms with E-state index in [1.807, 2.05) is 0 Å². The lowest BCUT2D eigenvalue weighted by atomic mass is 10.1. The second-order valence-electron chi connectivity index (χ2n) is 5.92. The summed E-state index contributed by atoms with van der Waals surface area (Å²) in [6, 6.07) is 3.52. The van der Waals surface area contributed by atoms with Crippen LogP contribution in [0, 0.1) is 25.5 Å². The predicted molar refractivity (Wildman–Crippen MR) is 87.0 cm³/mol. The van der Waals surface area contributed by atoms with Gasteiger partial charge in [-0.1, -0.05) is 0 Å². The van der Waals surface area contributed by atoms with Gasteiger partial charge in [0.25, 0.3) is 0 Å². The summed E-state index contributed by atoms with van der Waals surface area (Å²) < 4.78 is 67.5. The van der Waals surface area contributed by atoms with Gasteiger partial charge in [0.05, 0.1) is 22.3 Å². The first-order chi connectivity index (χ1) is 12.6. The second kappa shape index (κ2) is 6.60. The molecule has 27 heavy (non-hydrogen) atoms. The summed E-state index contributed by atoms with van der Waals surface area (Å²) in [5.74, 6) is -2.53. The minimum atomic E-state index is -4.61. The number of carbonyl (C=O) groups is 1. The first kappa shape index (κ1) is 18.7. The van der Waals surface area contributed by atoms with Crippen molar-refractivity contribution in [2.24, 2.45) is 0 Å². The van der Waals surface area contributed by atoms with E-state index in [1.165, 1.54) is 13.8 Å². The lowest BCUT2D eigenvalue weighted by Gasteiger charge is -2.10. The molecule has 3 rings (SSSR count). The van der Waals surface area contributed by atoms with E-state index in [4.69, 9.17) is 0 Å². The Labute approximate surface area is 149 Å². The molecule has 0 unspecified atom stereocenters. The molecule has 0 saturated heterocycles. The normalized spacial score (nSPS) is 11.8. The van der Waals surface area contributed by atoms with Gasteiger partial charge in [-0.3, -0.25) is 4.79 Å². The summed E-state index contributed by atoms with van der Waals surface area (Å²) in [6.45, 7) is 2.28. The van der Waals surface area contributed by atoms with Gasteiger partial charge >= 0.3 is 6.18 Å². The van der Waals surface area contributed by atoms with E-state index < -0.39 is 35.8 Å². The Morgan fingerprint density at radius 2 is 1.89 bits per heavy atom. The summed E-state index contributed by atoms with van der Waals surface area (Å²) in [4.78, 5) is 16.2. The van der Waals surface area contributed by atoms with Crippen molar-refractivity contribution in [3.63, 3.8) is 0 Å². The molecule has 0 saturated carbocycles. The average Bonchev–Trinajstić information content (AvgIpc) is 2.84. The van der Waals surface area contributed by atoms with Crippen LogP contribution in [0.15, 0.2) is 24.3 Å². The van der Waals surface area contributed by atoms with Crippen LogP contribution in [-0.2, 0) is 17.5 Å². The number of rotatable bonds is 3. The van der Waals surface area contributed by atoms with Crippen LogP contribution < -0.4 is 5.32 Å². The molecule has 0 atom stereocenters. The van der Waals surface area contributed by atoms with Gasteiger partial charge in [-0.15, -0.1) is 0 Å². The number of aromatic nitrogens is 3. The molecule has 0 aliphatic carbocycles. The number of hydrogen-bond acceptors (Lipinski definition) is 3. The highest BCUT2D eigenvalue weighted by Crippen LogP contribution is 2.36. The van der Waals surface area contributed by atoms with Crippen molar-refractivity contribution in [1.29, 1.82) is 0 Å². The van der Waals surface area contributed by atoms with Crippen molar-refractivity contribution in [2.45, 2.75) is 26.6 Å². The fourth-order valence-corrected chi connectivity index (χ4v) is 2.73. The smallest absolute Gasteiger partial charge is 0.322 e. The molecule has 0 aliphatic rings. The zero-order chi connectivity index (χ0) is 19.9. The Hall–Kier alpha value is -3.04. The van der Waals surface area contributed by atoms with Gasteiger partial charge in [0.2, 0.25) is 5.91 Å². The molecule has 1 amide bonds. The maximum atomic E-state index is 13.6. The third-order valence-corrected chi connectivity index (χ3v) is 3.81. The van der Waals surface area contributed by atoms with Gasteiger partial charge in [-0.2, -0.15) is 18.3 Å². The maximum absolute atomic E-state index is 13.6.